The molecule has 0 spiro atoms. The minimum atomic E-state index is 0.212. The first kappa shape index (κ1) is 7.49. The second-order valence-corrected chi connectivity index (χ2v) is 3.09. The lowest BCUT2D eigenvalue weighted by Gasteiger charge is -1.86. The summed E-state index contributed by atoms with van der Waals surface area (Å²) in [6.45, 7) is 0. The first-order valence-corrected chi connectivity index (χ1v) is 4.65. The molecule has 0 aliphatic rings. The van der Waals surface area contributed by atoms with Crippen molar-refractivity contribution in [2.24, 2.45) is 0 Å². The fraction of sp³-hybridized carbons (Fsp3) is 0.125. The van der Waals surface area contributed by atoms with Crippen LogP contribution in [0.1, 0.15) is 0 Å². The zero-order chi connectivity index (χ0) is 8.55. The van der Waals surface area contributed by atoms with Gasteiger partial charge in [0.25, 0.3) is 5.22 Å². The number of benzene rings is 1. The molecule has 0 amide bonds. The third-order valence-electron chi connectivity index (χ3n) is 1.53. The van der Waals surface area contributed by atoms with Gasteiger partial charge in [-0.1, -0.05) is 11.8 Å². The van der Waals surface area contributed by atoms with Crippen molar-refractivity contribution in [3.8, 4) is 5.75 Å². The Bertz CT molecular complexity index is 410. The van der Waals surface area contributed by atoms with E-state index in [-0.39, 0.29) is 5.75 Å². The molecule has 0 radical (unpaired) electrons. The van der Waals surface area contributed by atoms with Crippen molar-refractivity contribution in [2.75, 3.05) is 6.26 Å². The number of aromatic hydroxyl groups is 1. The second-order valence-electron chi connectivity index (χ2n) is 2.34. The summed E-state index contributed by atoms with van der Waals surface area (Å²) in [5.41, 5.74) is 1.40. The number of fused-ring (bicyclic) bond motifs is 1. The fourth-order valence-electron chi connectivity index (χ4n) is 0.982. The monoisotopic (exact) mass is 181 g/mol. The van der Waals surface area contributed by atoms with Crippen LogP contribution in [0.25, 0.3) is 11.1 Å². The van der Waals surface area contributed by atoms with E-state index in [1.807, 2.05) is 6.26 Å². The minimum Gasteiger partial charge on any atom is -0.508 e. The summed E-state index contributed by atoms with van der Waals surface area (Å²) in [5, 5.41) is 9.74. The van der Waals surface area contributed by atoms with E-state index >= 15 is 0 Å². The number of rotatable bonds is 1. The van der Waals surface area contributed by atoms with Gasteiger partial charge in [-0.15, -0.1) is 0 Å². The smallest absolute Gasteiger partial charge is 0.256 e. The Kier molecular flexibility index (Phi) is 1.69. The van der Waals surface area contributed by atoms with Crippen LogP contribution in [-0.2, 0) is 0 Å². The Morgan fingerprint density at radius 3 is 3.08 bits per heavy atom. The Hall–Kier alpha value is -1.16. The highest BCUT2D eigenvalue weighted by Crippen LogP contribution is 2.24. The molecule has 0 aliphatic carbocycles. The van der Waals surface area contributed by atoms with E-state index in [0.717, 1.165) is 0 Å². The summed E-state index contributed by atoms with van der Waals surface area (Å²) in [6, 6.07) is 4.87. The van der Waals surface area contributed by atoms with E-state index in [2.05, 4.69) is 4.98 Å². The number of hydrogen-bond donors (Lipinski definition) is 1. The van der Waals surface area contributed by atoms with Gasteiger partial charge in [0.1, 0.15) is 11.3 Å². The van der Waals surface area contributed by atoms with Gasteiger partial charge in [-0.3, -0.25) is 0 Å². The average molecular weight is 181 g/mol. The summed E-state index contributed by atoms with van der Waals surface area (Å²) in [5.74, 6) is 0.212. The highest BCUT2D eigenvalue weighted by atomic mass is 32.2. The average Bonchev–Trinajstić information content (AvgIpc) is 2.46. The molecule has 1 heterocycles. The molecular weight excluding hydrogens is 174 g/mol. The molecule has 1 aromatic carbocycles. The zero-order valence-electron chi connectivity index (χ0n) is 6.44. The van der Waals surface area contributed by atoms with Gasteiger partial charge < -0.3 is 9.52 Å². The third-order valence-corrected chi connectivity index (χ3v) is 2.05. The van der Waals surface area contributed by atoms with Crippen molar-refractivity contribution >= 4 is 22.9 Å². The van der Waals surface area contributed by atoms with E-state index in [0.29, 0.717) is 16.3 Å². The standard InChI is InChI=1S/C8H7NO2S/c1-12-8-9-6-4-5(10)2-3-7(6)11-8/h2-4,10H,1H3. The number of thioether (sulfide) groups is 1. The van der Waals surface area contributed by atoms with Crippen LogP contribution in [0.2, 0.25) is 0 Å². The molecule has 3 nitrogen and oxygen atoms in total. The molecule has 62 valence electrons. The van der Waals surface area contributed by atoms with Crippen LogP contribution in [-0.4, -0.2) is 16.3 Å². The van der Waals surface area contributed by atoms with Crippen LogP contribution in [0.15, 0.2) is 27.8 Å². The molecule has 0 atom stereocenters. The Labute approximate surface area is 73.4 Å². The van der Waals surface area contributed by atoms with Crippen LogP contribution < -0.4 is 0 Å². The first-order chi connectivity index (χ1) is 5.79. The third kappa shape index (κ3) is 1.14. The zero-order valence-corrected chi connectivity index (χ0v) is 7.26. The summed E-state index contributed by atoms with van der Waals surface area (Å²) < 4.78 is 5.31. The van der Waals surface area contributed by atoms with Crippen LogP contribution >= 0.6 is 11.8 Å². The predicted octanol–water partition coefficient (Wildman–Crippen LogP) is 2.26. The van der Waals surface area contributed by atoms with E-state index in [4.69, 9.17) is 9.52 Å². The quantitative estimate of drug-likeness (QED) is 0.685. The van der Waals surface area contributed by atoms with Gasteiger partial charge in [-0.25, -0.2) is 4.98 Å². The highest BCUT2D eigenvalue weighted by molar-refractivity contribution is 7.98. The Morgan fingerprint density at radius 2 is 2.33 bits per heavy atom. The van der Waals surface area contributed by atoms with Gasteiger partial charge in [0.15, 0.2) is 5.58 Å². The lowest BCUT2D eigenvalue weighted by molar-refractivity contribution is 0.474. The molecule has 4 heteroatoms. The summed E-state index contributed by atoms with van der Waals surface area (Å²) in [7, 11) is 0. The molecule has 1 N–H and O–H groups in total. The minimum absolute atomic E-state index is 0.212. The molecule has 1 aromatic heterocycles. The predicted molar refractivity (Wildman–Crippen MR) is 47.5 cm³/mol. The fourth-order valence-corrected chi connectivity index (χ4v) is 1.34. The summed E-state index contributed by atoms with van der Waals surface area (Å²) in [6.07, 6.45) is 1.89. The summed E-state index contributed by atoms with van der Waals surface area (Å²) in [4.78, 5) is 4.13. The lowest BCUT2D eigenvalue weighted by atomic mass is 10.3. The number of phenolic OH excluding ortho intramolecular Hbond substituents is 1. The van der Waals surface area contributed by atoms with Crippen LogP contribution in [0.5, 0.6) is 5.75 Å². The van der Waals surface area contributed by atoms with Crippen molar-refractivity contribution < 1.29 is 9.52 Å². The molecular formula is C8H7NO2S. The van der Waals surface area contributed by atoms with Crippen LogP contribution in [0, 0.1) is 0 Å². The SMILES string of the molecule is CSc1nc2cc(O)ccc2o1. The van der Waals surface area contributed by atoms with Crippen LogP contribution in [0.4, 0.5) is 0 Å². The molecule has 0 aliphatic heterocycles. The molecule has 12 heavy (non-hydrogen) atoms. The first-order valence-electron chi connectivity index (χ1n) is 3.43. The normalized spacial score (nSPS) is 10.8. The number of aromatic nitrogens is 1. The van der Waals surface area contributed by atoms with Crippen molar-refractivity contribution in [2.45, 2.75) is 5.22 Å². The molecule has 2 rings (SSSR count). The molecule has 0 saturated carbocycles. The number of oxazole rings is 1. The molecule has 0 bridgehead atoms. The lowest BCUT2D eigenvalue weighted by Crippen LogP contribution is -1.67. The molecule has 2 aromatic rings. The number of hydrogen-bond acceptors (Lipinski definition) is 4. The van der Waals surface area contributed by atoms with Gasteiger partial charge in [0.2, 0.25) is 0 Å². The maximum absolute atomic E-state index is 9.12. The molecule has 0 fully saturated rings. The van der Waals surface area contributed by atoms with Gasteiger partial charge in [0.05, 0.1) is 0 Å². The van der Waals surface area contributed by atoms with Crippen molar-refractivity contribution in [3.63, 3.8) is 0 Å². The van der Waals surface area contributed by atoms with Gasteiger partial charge in [0, 0.05) is 6.07 Å². The van der Waals surface area contributed by atoms with Crippen molar-refractivity contribution in [3.05, 3.63) is 18.2 Å². The molecule has 0 saturated heterocycles. The van der Waals surface area contributed by atoms with Gasteiger partial charge in [-0.05, 0) is 18.4 Å². The van der Waals surface area contributed by atoms with E-state index in [1.165, 1.54) is 11.8 Å². The van der Waals surface area contributed by atoms with Crippen molar-refractivity contribution in [1.29, 1.82) is 0 Å². The number of nitrogens with zero attached hydrogens (tertiary/aromatic N) is 1. The highest BCUT2D eigenvalue weighted by Gasteiger charge is 2.03. The van der Waals surface area contributed by atoms with Gasteiger partial charge >= 0.3 is 0 Å². The van der Waals surface area contributed by atoms with E-state index in [1.54, 1.807) is 18.2 Å². The number of phenols is 1. The van der Waals surface area contributed by atoms with Crippen LogP contribution in [0.3, 0.4) is 0 Å². The maximum Gasteiger partial charge on any atom is 0.256 e. The largest absolute Gasteiger partial charge is 0.508 e. The Morgan fingerprint density at radius 1 is 1.50 bits per heavy atom. The molecule has 0 unspecified atom stereocenters. The Balaban J connectivity index is 2.67. The maximum atomic E-state index is 9.12. The van der Waals surface area contributed by atoms with Crippen molar-refractivity contribution in [1.82, 2.24) is 4.98 Å². The topological polar surface area (TPSA) is 46.3 Å². The second kappa shape index (κ2) is 2.71. The van der Waals surface area contributed by atoms with Gasteiger partial charge in [-0.2, -0.15) is 0 Å². The van der Waals surface area contributed by atoms with E-state index < -0.39 is 0 Å². The van der Waals surface area contributed by atoms with E-state index in [9.17, 15) is 0 Å². The summed E-state index contributed by atoms with van der Waals surface area (Å²) >= 11 is 1.44.